The van der Waals surface area contributed by atoms with E-state index in [9.17, 15) is 9.59 Å². The lowest BCUT2D eigenvalue weighted by molar-refractivity contribution is 0.102. The van der Waals surface area contributed by atoms with Crippen LogP contribution >= 0.6 is 11.6 Å². The van der Waals surface area contributed by atoms with Crippen molar-refractivity contribution in [1.82, 2.24) is 9.91 Å². The maximum Gasteiger partial charge on any atom is 0.257 e. The lowest BCUT2D eigenvalue weighted by Gasteiger charge is -2.16. The predicted octanol–water partition coefficient (Wildman–Crippen LogP) is 4.66. The van der Waals surface area contributed by atoms with Crippen LogP contribution < -0.4 is 15.4 Å². The van der Waals surface area contributed by atoms with Gasteiger partial charge in [-0.05, 0) is 62.1 Å². The van der Waals surface area contributed by atoms with E-state index in [0.29, 0.717) is 16.8 Å². The molecule has 3 aromatic carbocycles. The number of amides is 2. The zero-order valence-corrected chi connectivity index (χ0v) is 22.5. The van der Waals surface area contributed by atoms with Crippen LogP contribution in [0.3, 0.4) is 0 Å². The number of hydrazone groups is 1. The summed E-state index contributed by atoms with van der Waals surface area (Å²) in [6, 6.07) is 16.8. The van der Waals surface area contributed by atoms with Gasteiger partial charge in [-0.1, -0.05) is 29.7 Å². The molecule has 38 heavy (non-hydrogen) atoms. The van der Waals surface area contributed by atoms with Crippen LogP contribution in [0.15, 0.2) is 65.8 Å². The molecule has 0 aliphatic carbocycles. The number of carbonyl (C=O) groups is 2. The average molecular weight is 532 g/mol. The zero-order chi connectivity index (χ0) is 27.7. The highest BCUT2D eigenvalue weighted by atomic mass is 35.5. The Bertz CT molecular complexity index is 1350. The summed E-state index contributed by atoms with van der Waals surface area (Å²) in [5.41, 5.74) is 2.82. The summed E-state index contributed by atoms with van der Waals surface area (Å²) in [4.78, 5) is 28.3. The molecule has 0 aromatic heterocycles. The summed E-state index contributed by atoms with van der Waals surface area (Å²) in [5.74, 6) is 1.89. The van der Waals surface area contributed by atoms with Crippen molar-refractivity contribution in [3.05, 3.63) is 87.9 Å². The van der Waals surface area contributed by atoms with E-state index in [4.69, 9.17) is 22.8 Å². The van der Waals surface area contributed by atoms with Crippen molar-refractivity contribution in [2.45, 2.75) is 0 Å². The van der Waals surface area contributed by atoms with E-state index in [1.54, 1.807) is 54.7 Å². The van der Waals surface area contributed by atoms with Crippen LogP contribution in [0.5, 0.6) is 5.75 Å². The average Bonchev–Trinajstić information content (AvgIpc) is 2.91. The second-order valence-corrected chi connectivity index (χ2v) is 9.15. The van der Waals surface area contributed by atoms with Gasteiger partial charge in [0.2, 0.25) is 0 Å². The maximum absolute atomic E-state index is 13.1. The van der Waals surface area contributed by atoms with Crippen LogP contribution in [0.2, 0.25) is 5.02 Å². The molecule has 2 amide bonds. The fraction of sp³-hybridized carbons (Fsp3) is 0.207. The zero-order valence-electron chi connectivity index (χ0n) is 21.8. The summed E-state index contributed by atoms with van der Waals surface area (Å²) >= 11 is 6.23. The van der Waals surface area contributed by atoms with Crippen LogP contribution in [0.25, 0.3) is 0 Å². The van der Waals surface area contributed by atoms with E-state index >= 15 is 0 Å². The molecule has 0 saturated heterocycles. The second kappa shape index (κ2) is 13.3. The molecule has 0 atom stereocenters. The van der Waals surface area contributed by atoms with Gasteiger partial charge in [0.1, 0.15) is 5.75 Å². The maximum atomic E-state index is 13.1. The second-order valence-electron chi connectivity index (χ2n) is 8.71. The van der Waals surface area contributed by atoms with Crippen molar-refractivity contribution in [2.24, 2.45) is 5.10 Å². The van der Waals surface area contributed by atoms with E-state index in [1.165, 1.54) is 19.2 Å². The van der Waals surface area contributed by atoms with E-state index in [-0.39, 0.29) is 22.0 Å². The molecule has 2 N–H and O–H groups in total. The van der Waals surface area contributed by atoms with E-state index < -0.39 is 11.8 Å². The summed E-state index contributed by atoms with van der Waals surface area (Å²) in [5, 5.41) is 12.1. The van der Waals surface area contributed by atoms with Gasteiger partial charge in [0.25, 0.3) is 11.8 Å². The van der Waals surface area contributed by atoms with Crippen LogP contribution in [-0.2, 0) is 0 Å². The van der Waals surface area contributed by atoms with Crippen LogP contribution in [0.4, 0.5) is 11.4 Å². The lowest BCUT2D eigenvalue weighted by atomic mass is 10.1. The largest absolute Gasteiger partial charge is 0.494 e. The molecule has 0 saturated carbocycles. The molecule has 0 heterocycles. The van der Waals surface area contributed by atoms with Gasteiger partial charge in [-0.15, -0.1) is 6.42 Å². The molecule has 0 aliphatic heterocycles. The SMILES string of the molecule is C#Cc1ccc(NC(=O)c2cc(Cl)cc(OC)c2NC(=O)c2ccc(C=NN(C)CCN(C)C)cc2)cc1. The number of carbonyl (C=O) groups excluding carboxylic acids is 2. The number of nitrogens with one attached hydrogen (secondary N) is 2. The number of ether oxygens (including phenoxy) is 1. The van der Waals surface area contributed by atoms with Crippen LogP contribution in [-0.4, -0.2) is 69.3 Å². The molecule has 0 unspecified atom stereocenters. The van der Waals surface area contributed by atoms with E-state index in [1.807, 2.05) is 26.2 Å². The van der Waals surface area contributed by atoms with Crippen LogP contribution in [0, 0.1) is 12.3 Å². The number of likely N-dealkylation sites (N-methyl/N-ethyl adjacent to an activating group) is 2. The summed E-state index contributed by atoms with van der Waals surface area (Å²) < 4.78 is 5.42. The van der Waals surface area contributed by atoms with Gasteiger partial charge in [-0.3, -0.25) is 14.6 Å². The fourth-order valence-electron chi connectivity index (χ4n) is 3.37. The topological polar surface area (TPSA) is 86.3 Å². The Balaban J connectivity index is 1.78. The summed E-state index contributed by atoms with van der Waals surface area (Å²) in [7, 11) is 7.36. The Hall–Kier alpha value is -4.32. The van der Waals surface area contributed by atoms with Crippen molar-refractivity contribution in [3.63, 3.8) is 0 Å². The highest BCUT2D eigenvalue weighted by molar-refractivity contribution is 6.31. The van der Waals surface area contributed by atoms with Crippen molar-refractivity contribution in [1.29, 1.82) is 0 Å². The minimum atomic E-state index is -0.473. The monoisotopic (exact) mass is 531 g/mol. The minimum absolute atomic E-state index is 0.147. The van der Waals surface area contributed by atoms with Gasteiger partial charge in [0.05, 0.1) is 24.6 Å². The quantitative estimate of drug-likeness (QED) is 0.226. The normalized spacial score (nSPS) is 10.8. The number of anilines is 2. The number of nitrogens with zero attached hydrogens (tertiary/aromatic N) is 3. The number of hydrogen-bond acceptors (Lipinski definition) is 6. The lowest BCUT2D eigenvalue weighted by Crippen LogP contribution is -2.25. The van der Waals surface area contributed by atoms with Crippen molar-refractivity contribution < 1.29 is 14.3 Å². The van der Waals surface area contributed by atoms with Gasteiger partial charge in [0.15, 0.2) is 0 Å². The predicted molar refractivity (Wildman–Crippen MR) is 154 cm³/mol. The molecule has 0 bridgehead atoms. The van der Waals surface area contributed by atoms with Crippen molar-refractivity contribution >= 4 is 41.0 Å². The molecule has 0 fully saturated rings. The molecule has 3 rings (SSSR count). The Morgan fingerprint density at radius 3 is 2.29 bits per heavy atom. The number of terminal acetylenes is 1. The van der Waals surface area contributed by atoms with Crippen molar-refractivity contribution in [2.75, 3.05) is 52.0 Å². The van der Waals surface area contributed by atoms with Crippen molar-refractivity contribution in [3.8, 4) is 18.1 Å². The first-order valence-electron chi connectivity index (χ1n) is 11.8. The third-order valence-corrected chi connectivity index (χ3v) is 5.75. The molecule has 9 heteroatoms. The Kier molecular flexibility index (Phi) is 9.88. The van der Waals surface area contributed by atoms with E-state index in [0.717, 1.165) is 18.7 Å². The fourth-order valence-corrected chi connectivity index (χ4v) is 3.58. The van der Waals surface area contributed by atoms with Gasteiger partial charge >= 0.3 is 0 Å². The van der Waals surface area contributed by atoms with Gasteiger partial charge in [-0.25, -0.2) is 0 Å². The summed E-state index contributed by atoms with van der Waals surface area (Å²) in [6.45, 7) is 1.68. The molecule has 0 radical (unpaired) electrons. The number of halogens is 1. The first-order chi connectivity index (χ1) is 18.2. The molecular formula is C29H30ClN5O3. The van der Waals surface area contributed by atoms with Crippen LogP contribution in [0.1, 0.15) is 31.8 Å². The highest BCUT2D eigenvalue weighted by Crippen LogP contribution is 2.33. The first-order valence-corrected chi connectivity index (χ1v) is 12.1. The molecule has 8 nitrogen and oxygen atoms in total. The molecule has 196 valence electrons. The molecule has 0 aliphatic rings. The molecular weight excluding hydrogens is 502 g/mol. The molecule has 0 spiro atoms. The number of rotatable bonds is 10. The smallest absolute Gasteiger partial charge is 0.257 e. The highest BCUT2D eigenvalue weighted by Gasteiger charge is 2.20. The first kappa shape index (κ1) is 28.3. The third-order valence-electron chi connectivity index (χ3n) is 5.53. The Morgan fingerprint density at radius 1 is 1.00 bits per heavy atom. The Morgan fingerprint density at radius 2 is 1.68 bits per heavy atom. The van der Waals surface area contributed by atoms with Gasteiger partial charge in [-0.2, -0.15) is 5.10 Å². The number of methoxy groups -OCH3 is 1. The third kappa shape index (κ3) is 7.84. The molecule has 3 aromatic rings. The van der Waals surface area contributed by atoms with E-state index in [2.05, 4.69) is 26.6 Å². The minimum Gasteiger partial charge on any atom is -0.494 e. The van der Waals surface area contributed by atoms with Gasteiger partial charge in [0, 0.05) is 48.0 Å². The standard InChI is InChI=1S/C29H30ClN5O3/c1-6-20-9-13-24(14-10-20)32-29(37)25-17-23(30)18-26(38-5)27(25)33-28(36)22-11-7-21(8-12-22)19-31-35(4)16-15-34(2)3/h1,7-14,17-19H,15-16H2,2-5H3,(H,32,37)(H,33,36). The Labute approximate surface area is 228 Å². The van der Waals surface area contributed by atoms with Gasteiger partial charge < -0.3 is 20.3 Å². The summed E-state index contributed by atoms with van der Waals surface area (Å²) in [6.07, 6.45) is 7.13. The number of benzene rings is 3. The number of hydrogen-bond donors (Lipinski definition) is 2.